The maximum atomic E-state index is 13.6. The Morgan fingerprint density at radius 1 is 1.11 bits per heavy atom. The number of hydrogen-bond acceptors (Lipinski definition) is 3. The summed E-state index contributed by atoms with van der Waals surface area (Å²) >= 11 is 0. The van der Waals surface area contributed by atoms with Crippen LogP contribution in [0.2, 0.25) is 0 Å². The van der Waals surface area contributed by atoms with Gasteiger partial charge in [-0.25, -0.2) is 4.39 Å². The molecule has 5 heteroatoms. The number of aromatic nitrogens is 2. The smallest absolute Gasteiger partial charge is 0.162 e. The summed E-state index contributed by atoms with van der Waals surface area (Å²) in [6, 6.07) is 10.5. The predicted octanol–water partition coefficient (Wildman–Crippen LogP) is 4.90. The van der Waals surface area contributed by atoms with Gasteiger partial charge in [-0.15, -0.1) is 0 Å². The first-order valence-corrected chi connectivity index (χ1v) is 9.18. The van der Waals surface area contributed by atoms with Crippen molar-refractivity contribution in [1.29, 1.82) is 0 Å². The van der Waals surface area contributed by atoms with Gasteiger partial charge in [0.25, 0.3) is 0 Å². The molecule has 3 aromatic rings. The van der Waals surface area contributed by atoms with Crippen LogP contribution in [-0.4, -0.2) is 16.0 Å². The molecule has 1 unspecified atom stereocenters. The number of nitrogens with zero attached hydrogens (tertiary/aromatic N) is 1. The molecule has 0 radical (unpaired) electrons. The van der Waals surface area contributed by atoms with Crippen molar-refractivity contribution in [3.8, 4) is 0 Å². The van der Waals surface area contributed by atoms with E-state index in [9.17, 15) is 9.18 Å². The molecule has 2 aromatic carbocycles. The highest BCUT2D eigenvalue weighted by Gasteiger charge is 2.41. The maximum Gasteiger partial charge on any atom is 0.162 e. The molecule has 1 atom stereocenters. The fourth-order valence-electron chi connectivity index (χ4n) is 4.54. The molecule has 2 N–H and O–H groups in total. The summed E-state index contributed by atoms with van der Waals surface area (Å²) in [5.41, 5.74) is 5.59. The molecule has 136 valence electrons. The number of Topliss-reactive ketones (excluding diaryl/α,β-unsaturated/α-hetero) is 1. The minimum atomic E-state index is -0.278. The third-order valence-electron chi connectivity index (χ3n) is 5.65. The van der Waals surface area contributed by atoms with Gasteiger partial charge in [-0.3, -0.25) is 9.89 Å². The van der Waals surface area contributed by atoms with Crippen LogP contribution in [0.3, 0.4) is 0 Å². The molecular formula is C22H20FN3O. The summed E-state index contributed by atoms with van der Waals surface area (Å²) in [5.74, 6) is -0.337. The van der Waals surface area contributed by atoms with Crippen LogP contribution < -0.4 is 5.32 Å². The number of benzene rings is 2. The van der Waals surface area contributed by atoms with E-state index in [2.05, 4.69) is 29.4 Å². The van der Waals surface area contributed by atoms with E-state index in [-0.39, 0.29) is 22.9 Å². The van der Waals surface area contributed by atoms with Crippen LogP contribution in [0.5, 0.6) is 0 Å². The zero-order chi connectivity index (χ0) is 18.8. The number of anilines is 1. The van der Waals surface area contributed by atoms with E-state index >= 15 is 0 Å². The largest absolute Gasteiger partial charge is 0.358 e. The summed E-state index contributed by atoms with van der Waals surface area (Å²) in [7, 11) is 0. The second kappa shape index (κ2) is 5.52. The van der Waals surface area contributed by atoms with Crippen LogP contribution in [0.1, 0.15) is 43.7 Å². The third-order valence-corrected chi connectivity index (χ3v) is 5.65. The van der Waals surface area contributed by atoms with Crippen LogP contribution in [0.25, 0.3) is 10.9 Å². The second-order valence-electron chi connectivity index (χ2n) is 8.30. The number of aromatic amines is 1. The number of hydrogen-bond donors (Lipinski definition) is 2. The Labute approximate surface area is 156 Å². The molecule has 5 rings (SSSR count). The van der Waals surface area contributed by atoms with Gasteiger partial charge in [0.15, 0.2) is 5.78 Å². The lowest BCUT2D eigenvalue weighted by Gasteiger charge is -2.39. The lowest BCUT2D eigenvalue weighted by molar-refractivity contribution is -0.118. The molecule has 0 fully saturated rings. The summed E-state index contributed by atoms with van der Waals surface area (Å²) in [4.78, 5) is 13.2. The first-order chi connectivity index (χ1) is 12.9. The molecule has 0 saturated heterocycles. The number of carbonyl (C=O) groups excluding carboxylic acids is 1. The minimum Gasteiger partial charge on any atom is -0.358 e. The van der Waals surface area contributed by atoms with Gasteiger partial charge in [-0.2, -0.15) is 5.10 Å². The van der Waals surface area contributed by atoms with Gasteiger partial charge in [0.1, 0.15) is 5.82 Å². The Bertz CT molecular complexity index is 1110. The number of nitrogens with one attached hydrogen (secondary N) is 2. The number of rotatable bonds is 1. The van der Waals surface area contributed by atoms with E-state index in [1.54, 1.807) is 18.3 Å². The Balaban J connectivity index is 1.80. The Morgan fingerprint density at radius 3 is 2.67 bits per heavy atom. The highest BCUT2D eigenvalue weighted by molar-refractivity contribution is 6.04. The number of fused-ring (bicyclic) bond motifs is 3. The molecule has 4 nitrogen and oxygen atoms in total. The molecule has 1 aliphatic heterocycles. The van der Waals surface area contributed by atoms with E-state index in [0.29, 0.717) is 6.42 Å². The zero-order valence-corrected chi connectivity index (χ0v) is 15.3. The van der Waals surface area contributed by atoms with Crippen molar-refractivity contribution in [2.45, 2.75) is 32.6 Å². The van der Waals surface area contributed by atoms with Crippen LogP contribution >= 0.6 is 0 Å². The first kappa shape index (κ1) is 16.2. The summed E-state index contributed by atoms with van der Waals surface area (Å²) < 4.78 is 13.6. The average molecular weight is 361 g/mol. The van der Waals surface area contributed by atoms with Gasteiger partial charge in [0.2, 0.25) is 0 Å². The lowest BCUT2D eigenvalue weighted by atomic mass is 9.68. The van der Waals surface area contributed by atoms with Gasteiger partial charge in [-0.1, -0.05) is 26.0 Å². The average Bonchev–Trinajstić information content (AvgIpc) is 3.08. The predicted molar refractivity (Wildman–Crippen MR) is 103 cm³/mol. The summed E-state index contributed by atoms with van der Waals surface area (Å²) in [6.07, 6.45) is 3.13. The monoisotopic (exact) mass is 361 g/mol. The van der Waals surface area contributed by atoms with Gasteiger partial charge in [0.05, 0.1) is 11.7 Å². The van der Waals surface area contributed by atoms with Gasteiger partial charge >= 0.3 is 0 Å². The molecule has 27 heavy (non-hydrogen) atoms. The van der Waals surface area contributed by atoms with Crippen LogP contribution in [-0.2, 0) is 4.79 Å². The van der Waals surface area contributed by atoms with Crippen LogP contribution in [0.4, 0.5) is 10.1 Å². The fourth-order valence-corrected chi connectivity index (χ4v) is 4.54. The Kier molecular flexibility index (Phi) is 3.32. The molecule has 1 aliphatic carbocycles. The van der Waals surface area contributed by atoms with Crippen molar-refractivity contribution in [1.82, 2.24) is 10.2 Å². The minimum absolute atomic E-state index is 0.0759. The Morgan fingerprint density at radius 2 is 1.89 bits per heavy atom. The number of ketones is 1. The second-order valence-corrected chi connectivity index (χ2v) is 8.30. The van der Waals surface area contributed by atoms with Crippen molar-refractivity contribution < 1.29 is 9.18 Å². The molecule has 0 bridgehead atoms. The van der Waals surface area contributed by atoms with Gasteiger partial charge in [-0.05, 0) is 47.2 Å². The first-order valence-electron chi connectivity index (χ1n) is 9.18. The van der Waals surface area contributed by atoms with Gasteiger partial charge < -0.3 is 5.32 Å². The molecule has 0 spiro atoms. The van der Waals surface area contributed by atoms with E-state index in [1.807, 2.05) is 12.1 Å². The molecule has 2 aliphatic rings. The van der Waals surface area contributed by atoms with Crippen molar-refractivity contribution in [2.75, 3.05) is 5.32 Å². The summed E-state index contributed by atoms with van der Waals surface area (Å²) in [6.45, 7) is 4.25. The molecular weight excluding hydrogens is 341 g/mol. The van der Waals surface area contributed by atoms with E-state index in [4.69, 9.17) is 0 Å². The molecule has 0 saturated carbocycles. The van der Waals surface area contributed by atoms with Crippen LogP contribution in [0.15, 0.2) is 53.9 Å². The van der Waals surface area contributed by atoms with E-state index in [1.165, 1.54) is 12.1 Å². The highest BCUT2D eigenvalue weighted by atomic mass is 19.1. The molecule has 1 aromatic heterocycles. The normalized spacial score (nSPS) is 21.0. The van der Waals surface area contributed by atoms with Crippen molar-refractivity contribution in [2.24, 2.45) is 5.41 Å². The number of halogens is 1. The highest BCUT2D eigenvalue weighted by Crippen LogP contribution is 2.50. The fraction of sp³-hybridized carbons (Fsp3) is 0.273. The molecule has 0 amide bonds. The molecule has 2 heterocycles. The van der Waals surface area contributed by atoms with Crippen molar-refractivity contribution in [3.63, 3.8) is 0 Å². The lowest BCUT2D eigenvalue weighted by Crippen LogP contribution is -2.33. The van der Waals surface area contributed by atoms with E-state index in [0.717, 1.165) is 45.4 Å². The maximum absolute atomic E-state index is 13.6. The van der Waals surface area contributed by atoms with E-state index < -0.39 is 0 Å². The SMILES string of the molecule is CC1(C)CC(=O)C2=C(C1)Nc1ccc3[nH]ncc3c1C2c1ccc(F)cc1. The topological polar surface area (TPSA) is 57.8 Å². The number of carbonyl (C=O) groups is 1. The third kappa shape index (κ3) is 2.49. The van der Waals surface area contributed by atoms with Crippen molar-refractivity contribution in [3.05, 3.63) is 70.8 Å². The zero-order valence-electron chi connectivity index (χ0n) is 15.3. The van der Waals surface area contributed by atoms with Gasteiger partial charge in [0, 0.05) is 34.7 Å². The Hall–Kier alpha value is -2.95. The quantitative estimate of drug-likeness (QED) is 0.648. The number of H-pyrrole nitrogens is 1. The van der Waals surface area contributed by atoms with Crippen LogP contribution in [0, 0.1) is 11.2 Å². The van der Waals surface area contributed by atoms with Crippen molar-refractivity contribution >= 4 is 22.4 Å². The number of allylic oxidation sites excluding steroid dienone is 2. The summed E-state index contributed by atoms with van der Waals surface area (Å²) in [5, 5.41) is 11.7. The standard InChI is InChI=1S/C22H20FN3O/c1-22(2)9-17-21(18(27)10-22)19(12-3-5-13(23)6-4-12)20-14-11-24-26-15(14)7-8-16(20)25-17/h3-8,11,19,25H,9-10H2,1-2H3,(H,24,26).